The lowest BCUT2D eigenvalue weighted by molar-refractivity contribution is 0.0837. The molecule has 0 radical (unpaired) electrons. The standard InChI is InChI=1S/C21H19ClFN3O4/c1-30-12-16(11-27)24-20(28)18-10-19(13-5-7-14(22)8-6-13)25-26(21(18)29)17-4-2-3-15(23)9-17/h2-10,16,27H,11-12H2,1H3,(H,24,28)/t16-/m1/s1. The van der Waals surface area contributed by atoms with Crippen LogP contribution in [-0.4, -0.2) is 47.2 Å². The van der Waals surface area contributed by atoms with Gasteiger partial charge in [0.2, 0.25) is 0 Å². The molecule has 1 amide bonds. The first kappa shape index (κ1) is 21.6. The summed E-state index contributed by atoms with van der Waals surface area (Å²) in [7, 11) is 1.43. The second-order valence-corrected chi connectivity index (χ2v) is 6.89. The Morgan fingerprint density at radius 2 is 2.00 bits per heavy atom. The number of rotatable bonds is 7. The SMILES string of the molecule is COC[C@@H](CO)NC(=O)c1cc(-c2ccc(Cl)cc2)nn(-c2cccc(F)c2)c1=O. The molecule has 0 bridgehead atoms. The van der Waals surface area contributed by atoms with Gasteiger partial charge in [-0.2, -0.15) is 9.78 Å². The van der Waals surface area contributed by atoms with Gasteiger partial charge in [-0.15, -0.1) is 0 Å². The second kappa shape index (κ2) is 9.62. The van der Waals surface area contributed by atoms with Gasteiger partial charge in [-0.1, -0.05) is 29.8 Å². The Hall–Kier alpha value is -3.07. The number of hydrogen-bond donors (Lipinski definition) is 2. The highest BCUT2D eigenvalue weighted by molar-refractivity contribution is 6.30. The lowest BCUT2D eigenvalue weighted by Gasteiger charge is -2.16. The highest BCUT2D eigenvalue weighted by atomic mass is 35.5. The van der Waals surface area contributed by atoms with Crippen LogP contribution in [0.3, 0.4) is 0 Å². The van der Waals surface area contributed by atoms with Crippen LogP contribution in [0.1, 0.15) is 10.4 Å². The Bertz CT molecular complexity index is 1100. The fraction of sp³-hybridized carbons (Fsp3) is 0.190. The van der Waals surface area contributed by atoms with Gasteiger partial charge in [0.05, 0.1) is 30.6 Å². The third-order valence-electron chi connectivity index (χ3n) is 4.27. The van der Waals surface area contributed by atoms with Crippen molar-refractivity contribution in [3.05, 3.63) is 81.4 Å². The molecule has 0 spiro atoms. The second-order valence-electron chi connectivity index (χ2n) is 6.46. The highest BCUT2D eigenvalue weighted by Crippen LogP contribution is 2.20. The summed E-state index contributed by atoms with van der Waals surface area (Å²) >= 11 is 5.94. The molecule has 0 fully saturated rings. The number of amides is 1. The lowest BCUT2D eigenvalue weighted by atomic mass is 10.1. The molecule has 2 aromatic carbocycles. The normalized spacial score (nSPS) is 11.9. The van der Waals surface area contributed by atoms with E-state index in [0.717, 1.165) is 10.7 Å². The summed E-state index contributed by atoms with van der Waals surface area (Å²) < 4.78 is 19.6. The van der Waals surface area contributed by atoms with Gasteiger partial charge in [-0.05, 0) is 36.4 Å². The zero-order chi connectivity index (χ0) is 21.7. The van der Waals surface area contributed by atoms with Crippen LogP contribution in [0.4, 0.5) is 4.39 Å². The van der Waals surface area contributed by atoms with Crippen LogP contribution >= 0.6 is 11.6 Å². The van der Waals surface area contributed by atoms with E-state index in [4.69, 9.17) is 16.3 Å². The Labute approximate surface area is 176 Å². The van der Waals surface area contributed by atoms with Gasteiger partial charge in [-0.25, -0.2) is 4.39 Å². The third-order valence-corrected chi connectivity index (χ3v) is 4.52. The van der Waals surface area contributed by atoms with Crippen molar-refractivity contribution in [1.29, 1.82) is 0 Å². The Kier molecular flexibility index (Phi) is 6.94. The maximum Gasteiger partial charge on any atom is 0.284 e. The number of ether oxygens (including phenoxy) is 1. The summed E-state index contributed by atoms with van der Waals surface area (Å²) in [4.78, 5) is 25.8. The summed E-state index contributed by atoms with van der Waals surface area (Å²) in [6.07, 6.45) is 0. The van der Waals surface area contributed by atoms with Gasteiger partial charge in [-0.3, -0.25) is 9.59 Å². The van der Waals surface area contributed by atoms with E-state index in [-0.39, 0.29) is 24.5 Å². The quantitative estimate of drug-likeness (QED) is 0.599. The smallest absolute Gasteiger partial charge is 0.284 e. The molecule has 30 heavy (non-hydrogen) atoms. The summed E-state index contributed by atoms with van der Waals surface area (Å²) in [5, 5.41) is 16.8. The number of nitrogens with one attached hydrogen (secondary N) is 1. The molecule has 1 heterocycles. The molecule has 9 heteroatoms. The van der Waals surface area contributed by atoms with Crippen LogP contribution in [-0.2, 0) is 4.74 Å². The van der Waals surface area contributed by atoms with Crippen LogP contribution in [0.2, 0.25) is 5.02 Å². The maximum absolute atomic E-state index is 13.7. The van der Waals surface area contributed by atoms with E-state index in [1.54, 1.807) is 24.3 Å². The molecule has 156 valence electrons. The van der Waals surface area contributed by atoms with E-state index in [1.807, 2.05) is 0 Å². The minimum absolute atomic E-state index is 0.0649. The van der Waals surface area contributed by atoms with E-state index in [1.165, 1.54) is 31.4 Å². The van der Waals surface area contributed by atoms with Crippen LogP contribution in [0.5, 0.6) is 0 Å². The lowest BCUT2D eigenvalue weighted by Crippen LogP contribution is -2.43. The monoisotopic (exact) mass is 431 g/mol. The van der Waals surface area contributed by atoms with Crippen molar-refractivity contribution in [3.63, 3.8) is 0 Å². The van der Waals surface area contributed by atoms with Gasteiger partial charge in [0, 0.05) is 17.7 Å². The molecule has 3 aromatic rings. The molecule has 0 aliphatic rings. The predicted molar refractivity (Wildman–Crippen MR) is 110 cm³/mol. The maximum atomic E-state index is 13.7. The number of hydrogen-bond acceptors (Lipinski definition) is 5. The van der Waals surface area contributed by atoms with Gasteiger partial charge in [0.15, 0.2) is 0 Å². The van der Waals surface area contributed by atoms with Crippen molar-refractivity contribution < 1.29 is 19.0 Å². The molecular weight excluding hydrogens is 413 g/mol. The van der Waals surface area contributed by atoms with E-state index < -0.39 is 23.3 Å². The third kappa shape index (κ3) is 4.91. The minimum atomic E-state index is -0.732. The van der Waals surface area contributed by atoms with Crippen LogP contribution < -0.4 is 10.9 Å². The Balaban J connectivity index is 2.14. The topological polar surface area (TPSA) is 93.4 Å². The molecule has 1 aromatic heterocycles. The number of carbonyl (C=O) groups excluding carboxylic acids is 1. The molecule has 0 saturated carbocycles. The summed E-state index contributed by atoms with van der Waals surface area (Å²) in [5.74, 6) is -1.26. The molecule has 1 atom stereocenters. The van der Waals surface area contributed by atoms with Crippen molar-refractivity contribution in [2.24, 2.45) is 0 Å². The number of benzene rings is 2. The van der Waals surface area contributed by atoms with E-state index in [2.05, 4.69) is 10.4 Å². The van der Waals surface area contributed by atoms with Crippen molar-refractivity contribution in [2.75, 3.05) is 20.3 Å². The van der Waals surface area contributed by atoms with Crippen molar-refractivity contribution in [1.82, 2.24) is 15.1 Å². The fourth-order valence-electron chi connectivity index (χ4n) is 2.81. The van der Waals surface area contributed by atoms with Crippen molar-refractivity contribution >= 4 is 17.5 Å². The van der Waals surface area contributed by atoms with E-state index in [9.17, 15) is 19.1 Å². The summed E-state index contributed by atoms with van der Waals surface area (Å²) in [5.41, 5.74) is 0.140. The first-order valence-electron chi connectivity index (χ1n) is 9.00. The Morgan fingerprint density at radius 1 is 1.27 bits per heavy atom. The first-order chi connectivity index (χ1) is 14.4. The molecule has 3 rings (SSSR count). The summed E-state index contributed by atoms with van der Waals surface area (Å²) in [6.45, 7) is -0.303. The number of methoxy groups -OCH3 is 1. The zero-order valence-electron chi connectivity index (χ0n) is 16.0. The van der Waals surface area contributed by atoms with Gasteiger partial charge in [0.25, 0.3) is 11.5 Å². The average Bonchev–Trinajstić information content (AvgIpc) is 2.74. The molecule has 0 aliphatic heterocycles. The number of aliphatic hydroxyl groups excluding tert-OH is 1. The minimum Gasteiger partial charge on any atom is -0.394 e. The van der Waals surface area contributed by atoms with Crippen molar-refractivity contribution in [3.8, 4) is 16.9 Å². The number of aliphatic hydroxyl groups is 1. The Morgan fingerprint density at radius 3 is 2.63 bits per heavy atom. The molecule has 0 saturated heterocycles. The molecule has 2 N–H and O–H groups in total. The molecule has 7 nitrogen and oxygen atoms in total. The molecular formula is C21H19ClFN3O4. The van der Waals surface area contributed by atoms with Gasteiger partial charge >= 0.3 is 0 Å². The number of nitrogens with zero attached hydrogens (tertiary/aromatic N) is 2. The highest BCUT2D eigenvalue weighted by Gasteiger charge is 2.20. The van der Waals surface area contributed by atoms with Crippen LogP contribution in [0, 0.1) is 5.82 Å². The van der Waals surface area contributed by atoms with E-state index >= 15 is 0 Å². The van der Waals surface area contributed by atoms with E-state index in [0.29, 0.717) is 16.3 Å². The average molecular weight is 432 g/mol. The molecule has 0 unspecified atom stereocenters. The predicted octanol–water partition coefficient (Wildman–Crippen LogP) is 2.43. The van der Waals surface area contributed by atoms with Crippen LogP contribution in [0.15, 0.2) is 59.4 Å². The van der Waals surface area contributed by atoms with Gasteiger partial charge < -0.3 is 15.2 Å². The van der Waals surface area contributed by atoms with Crippen molar-refractivity contribution in [2.45, 2.75) is 6.04 Å². The molecule has 0 aliphatic carbocycles. The summed E-state index contributed by atoms with van der Waals surface area (Å²) in [6, 6.07) is 12.6. The van der Waals surface area contributed by atoms with Crippen LogP contribution in [0.25, 0.3) is 16.9 Å². The van der Waals surface area contributed by atoms with Gasteiger partial charge in [0.1, 0.15) is 11.4 Å². The largest absolute Gasteiger partial charge is 0.394 e. The number of carbonyl (C=O) groups is 1. The first-order valence-corrected chi connectivity index (χ1v) is 9.37. The number of aromatic nitrogens is 2. The fourth-order valence-corrected chi connectivity index (χ4v) is 2.93. The zero-order valence-corrected chi connectivity index (χ0v) is 16.8. The number of halogens is 2.